The summed E-state index contributed by atoms with van der Waals surface area (Å²) in [4.78, 5) is 16.2. The lowest BCUT2D eigenvalue weighted by atomic mass is 10.1. The average molecular weight is 354 g/mol. The van der Waals surface area contributed by atoms with Gasteiger partial charge in [-0.2, -0.15) is 5.10 Å². The molecule has 1 aromatic carbocycles. The molecule has 1 amide bonds. The van der Waals surface area contributed by atoms with Gasteiger partial charge in [0.05, 0.1) is 17.5 Å². The van der Waals surface area contributed by atoms with Gasteiger partial charge in [0.15, 0.2) is 0 Å². The zero-order valence-corrected chi connectivity index (χ0v) is 15.3. The molecule has 6 heteroatoms. The Balaban J connectivity index is 1.44. The number of hydrogen-bond donors (Lipinski definition) is 1. The van der Waals surface area contributed by atoms with E-state index < -0.39 is 6.10 Å². The van der Waals surface area contributed by atoms with Crippen LogP contribution in [0.15, 0.2) is 30.3 Å². The summed E-state index contributed by atoms with van der Waals surface area (Å²) in [6.07, 6.45) is 2.14. The Morgan fingerprint density at radius 2 is 1.96 bits per heavy atom. The van der Waals surface area contributed by atoms with Crippen LogP contribution in [0.25, 0.3) is 0 Å². The lowest BCUT2D eigenvalue weighted by Crippen LogP contribution is -2.24. The maximum absolute atomic E-state index is 11.9. The van der Waals surface area contributed by atoms with Crippen LogP contribution in [0, 0.1) is 0 Å². The molecule has 0 spiro atoms. The fourth-order valence-electron chi connectivity index (χ4n) is 3.85. The summed E-state index contributed by atoms with van der Waals surface area (Å²) < 4.78 is 2.03. The van der Waals surface area contributed by atoms with Crippen molar-refractivity contribution in [2.24, 2.45) is 0 Å². The number of carbonyl (C=O) groups excluding carboxylic acids is 1. The number of fused-ring (bicyclic) bond motifs is 1. The largest absolute Gasteiger partial charge is 0.387 e. The van der Waals surface area contributed by atoms with Gasteiger partial charge >= 0.3 is 0 Å². The number of nitrogens with zero attached hydrogens (tertiary/aromatic N) is 4. The van der Waals surface area contributed by atoms with Crippen molar-refractivity contribution in [2.45, 2.75) is 51.9 Å². The summed E-state index contributed by atoms with van der Waals surface area (Å²) in [6, 6.07) is 10.4. The molecule has 0 radical (unpaired) electrons. The zero-order chi connectivity index (χ0) is 18.1. The Labute approximate surface area is 154 Å². The van der Waals surface area contributed by atoms with E-state index in [4.69, 9.17) is 0 Å². The van der Waals surface area contributed by atoms with Crippen LogP contribution in [-0.4, -0.2) is 38.8 Å². The quantitative estimate of drug-likeness (QED) is 0.916. The number of hydrogen-bond acceptors (Lipinski definition) is 4. The fraction of sp³-hybridized carbons (Fsp3) is 0.500. The van der Waals surface area contributed by atoms with Crippen LogP contribution in [-0.2, 0) is 24.4 Å². The number of amides is 1. The van der Waals surface area contributed by atoms with E-state index in [-0.39, 0.29) is 5.91 Å². The standard InChI is InChI=1S/C20H26N4O2/c1-15(25)19-12-18-14-22(9-3-11-24(18)21-19)13-16-5-7-17(8-6-16)23-10-2-4-20(23)26/h5-8,12,15,25H,2-4,9-11,13-14H2,1H3/t15-/m1/s1. The van der Waals surface area contributed by atoms with Crippen molar-refractivity contribution >= 4 is 11.6 Å². The van der Waals surface area contributed by atoms with Crippen LogP contribution in [0.2, 0.25) is 0 Å². The summed E-state index contributed by atoms with van der Waals surface area (Å²) >= 11 is 0. The van der Waals surface area contributed by atoms with E-state index >= 15 is 0 Å². The average Bonchev–Trinajstić information content (AvgIpc) is 3.18. The normalized spacial score (nSPS) is 19.5. The van der Waals surface area contributed by atoms with Crippen molar-refractivity contribution < 1.29 is 9.90 Å². The van der Waals surface area contributed by atoms with Gasteiger partial charge < -0.3 is 10.0 Å². The second kappa shape index (κ2) is 7.21. The Hall–Kier alpha value is -2.18. The van der Waals surface area contributed by atoms with Gasteiger partial charge in [0.25, 0.3) is 0 Å². The molecule has 1 N–H and O–H groups in total. The first-order valence-electron chi connectivity index (χ1n) is 9.46. The van der Waals surface area contributed by atoms with E-state index in [1.807, 2.05) is 15.6 Å². The predicted octanol–water partition coefficient (Wildman–Crippen LogP) is 2.47. The number of anilines is 1. The van der Waals surface area contributed by atoms with Crippen LogP contribution >= 0.6 is 0 Å². The van der Waals surface area contributed by atoms with E-state index in [1.54, 1.807) is 6.92 Å². The topological polar surface area (TPSA) is 61.6 Å². The van der Waals surface area contributed by atoms with Crippen molar-refractivity contribution in [1.82, 2.24) is 14.7 Å². The molecule has 1 fully saturated rings. The van der Waals surface area contributed by atoms with Crippen molar-refractivity contribution in [1.29, 1.82) is 0 Å². The molecule has 0 saturated carbocycles. The lowest BCUT2D eigenvalue weighted by molar-refractivity contribution is -0.117. The summed E-state index contributed by atoms with van der Waals surface area (Å²) in [5.41, 5.74) is 4.18. The third kappa shape index (κ3) is 3.52. The number of aryl methyl sites for hydroxylation is 1. The molecule has 1 saturated heterocycles. The minimum Gasteiger partial charge on any atom is -0.387 e. The monoisotopic (exact) mass is 354 g/mol. The number of benzene rings is 1. The molecule has 1 atom stereocenters. The van der Waals surface area contributed by atoms with Gasteiger partial charge in [0.2, 0.25) is 5.91 Å². The van der Waals surface area contributed by atoms with E-state index in [9.17, 15) is 9.90 Å². The highest BCUT2D eigenvalue weighted by Crippen LogP contribution is 2.23. The van der Waals surface area contributed by atoms with Crippen LogP contribution in [0.3, 0.4) is 0 Å². The lowest BCUT2D eigenvalue weighted by Gasteiger charge is -2.20. The minimum atomic E-state index is -0.524. The second-order valence-corrected chi connectivity index (χ2v) is 7.34. The summed E-state index contributed by atoms with van der Waals surface area (Å²) in [7, 11) is 0. The van der Waals surface area contributed by atoms with Crippen LogP contribution in [0.1, 0.15) is 49.2 Å². The van der Waals surface area contributed by atoms with Gasteiger partial charge in [-0.05, 0) is 43.5 Å². The van der Waals surface area contributed by atoms with Gasteiger partial charge in [-0.25, -0.2) is 0 Å². The minimum absolute atomic E-state index is 0.229. The first-order chi connectivity index (χ1) is 12.6. The van der Waals surface area contributed by atoms with Crippen molar-refractivity contribution in [3.05, 3.63) is 47.3 Å². The third-order valence-electron chi connectivity index (χ3n) is 5.27. The van der Waals surface area contributed by atoms with E-state index in [2.05, 4.69) is 34.3 Å². The molecule has 0 bridgehead atoms. The van der Waals surface area contributed by atoms with Gasteiger partial charge in [-0.3, -0.25) is 14.4 Å². The van der Waals surface area contributed by atoms with Gasteiger partial charge in [0.1, 0.15) is 0 Å². The van der Waals surface area contributed by atoms with Crippen molar-refractivity contribution in [2.75, 3.05) is 18.0 Å². The molecule has 1 aromatic heterocycles. The third-order valence-corrected chi connectivity index (χ3v) is 5.27. The Bertz CT molecular complexity index is 782. The Morgan fingerprint density at radius 3 is 2.65 bits per heavy atom. The maximum Gasteiger partial charge on any atom is 0.227 e. The highest BCUT2D eigenvalue weighted by Gasteiger charge is 2.22. The molecule has 0 unspecified atom stereocenters. The molecule has 6 nitrogen and oxygen atoms in total. The highest BCUT2D eigenvalue weighted by atomic mass is 16.3. The number of rotatable bonds is 4. The number of carbonyl (C=O) groups is 1. The van der Waals surface area contributed by atoms with Crippen molar-refractivity contribution in [3.8, 4) is 0 Å². The number of aliphatic hydroxyl groups excluding tert-OH is 1. The molecule has 2 aromatic rings. The van der Waals surface area contributed by atoms with Gasteiger partial charge in [-0.1, -0.05) is 12.1 Å². The SMILES string of the molecule is C[C@@H](O)c1cc2n(n1)CCCN(Cc1ccc(N3CCCC3=O)cc1)C2. The van der Waals surface area contributed by atoms with Crippen LogP contribution in [0.4, 0.5) is 5.69 Å². The molecule has 0 aliphatic carbocycles. The van der Waals surface area contributed by atoms with E-state index in [0.29, 0.717) is 6.42 Å². The summed E-state index contributed by atoms with van der Waals surface area (Å²) in [6.45, 7) is 6.23. The fourth-order valence-corrected chi connectivity index (χ4v) is 3.85. The smallest absolute Gasteiger partial charge is 0.227 e. The molecule has 3 heterocycles. The molecular weight excluding hydrogens is 328 g/mol. The number of aliphatic hydroxyl groups is 1. The maximum atomic E-state index is 11.9. The van der Waals surface area contributed by atoms with Gasteiger partial charge in [0, 0.05) is 44.8 Å². The van der Waals surface area contributed by atoms with Crippen molar-refractivity contribution in [3.63, 3.8) is 0 Å². The first-order valence-corrected chi connectivity index (χ1v) is 9.46. The first kappa shape index (κ1) is 17.2. The molecule has 138 valence electrons. The van der Waals surface area contributed by atoms with Gasteiger partial charge in [-0.15, -0.1) is 0 Å². The van der Waals surface area contributed by atoms with Crippen LogP contribution < -0.4 is 4.90 Å². The van der Waals surface area contributed by atoms with Crippen LogP contribution in [0.5, 0.6) is 0 Å². The summed E-state index contributed by atoms with van der Waals surface area (Å²) in [5, 5.41) is 14.3. The zero-order valence-electron chi connectivity index (χ0n) is 15.3. The molecule has 2 aliphatic heterocycles. The number of aromatic nitrogens is 2. The Kier molecular flexibility index (Phi) is 4.78. The second-order valence-electron chi connectivity index (χ2n) is 7.34. The molecule has 2 aliphatic rings. The van der Waals surface area contributed by atoms with E-state index in [1.165, 1.54) is 5.56 Å². The highest BCUT2D eigenvalue weighted by molar-refractivity contribution is 5.95. The molecule has 4 rings (SSSR count). The Morgan fingerprint density at radius 1 is 1.15 bits per heavy atom. The summed E-state index contributed by atoms with van der Waals surface area (Å²) in [5.74, 6) is 0.229. The predicted molar refractivity (Wildman–Crippen MR) is 99.6 cm³/mol. The molecular formula is C20H26N4O2. The molecule has 26 heavy (non-hydrogen) atoms. The van der Waals surface area contributed by atoms with E-state index in [0.717, 1.165) is 62.6 Å².